The summed E-state index contributed by atoms with van der Waals surface area (Å²) < 4.78 is 5.42. The van der Waals surface area contributed by atoms with E-state index in [4.69, 9.17) is 4.74 Å². The van der Waals surface area contributed by atoms with Crippen molar-refractivity contribution in [1.29, 1.82) is 0 Å². The van der Waals surface area contributed by atoms with Gasteiger partial charge in [0.25, 0.3) is 0 Å². The minimum atomic E-state index is 0.609. The Bertz CT molecular complexity index is 155. The molecule has 64 valence electrons. The molecule has 0 aromatic heterocycles. The lowest BCUT2D eigenvalue weighted by Crippen LogP contribution is -2.22. The Morgan fingerprint density at radius 1 is 1.36 bits per heavy atom. The molecule has 0 radical (unpaired) electrons. The molecule has 2 fully saturated rings. The topological polar surface area (TPSA) is 9.23 Å². The van der Waals surface area contributed by atoms with Crippen LogP contribution in [0, 0.1) is 11.3 Å². The van der Waals surface area contributed by atoms with Gasteiger partial charge in [-0.3, -0.25) is 0 Å². The van der Waals surface area contributed by atoms with Crippen LogP contribution in [0.25, 0.3) is 0 Å². The van der Waals surface area contributed by atoms with E-state index in [1.54, 1.807) is 0 Å². The molecule has 2 rings (SSSR count). The molecule has 0 heterocycles. The molecule has 0 bridgehead atoms. The fraction of sp³-hybridized carbons (Fsp3) is 1.00. The van der Waals surface area contributed by atoms with Crippen molar-refractivity contribution in [2.45, 2.75) is 45.1 Å². The van der Waals surface area contributed by atoms with Crippen molar-refractivity contribution in [2.75, 3.05) is 7.11 Å². The van der Waals surface area contributed by atoms with E-state index in [1.165, 1.54) is 32.1 Å². The van der Waals surface area contributed by atoms with Crippen molar-refractivity contribution >= 4 is 0 Å². The summed E-state index contributed by atoms with van der Waals surface area (Å²) in [7, 11) is 1.86. The lowest BCUT2D eigenvalue weighted by Gasteiger charge is -2.29. The van der Waals surface area contributed by atoms with Crippen LogP contribution in [0.15, 0.2) is 0 Å². The van der Waals surface area contributed by atoms with E-state index < -0.39 is 0 Å². The molecule has 1 heteroatoms. The Balaban J connectivity index is 2.01. The number of hydrogen-bond donors (Lipinski definition) is 0. The van der Waals surface area contributed by atoms with E-state index in [2.05, 4.69) is 6.92 Å². The summed E-state index contributed by atoms with van der Waals surface area (Å²) in [5.41, 5.74) is 0.632. The van der Waals surface area contributed by atoms with E-state index in [9.17, 15) is 0 Å². The maximum absolute atomic E-state index is 5.42. The number of hydrogen-bond acceptors (Lipinski definition) is 1. The van der Waals surface area contributed by atoms with Crippen LogP contribution >= 0.6 is 0 Å². The quantitative estimate of drug-likeness (QED) is 0.564. The summed E-state index contributed by atoms with van der Waals surface area (Å²) in [5, 5.41) is 0. The summed E-state index contributed by atoms with van der Waals surface area (Å²) in [6.45, 7) is 2.40. The van der Waals surface area contributed by atoms with Gasteiger partial charge in [-0.05, 0) is 18.8 Å². The van der Waals surface area contributed by atoms with Gasteiger partial charge >= 0.3 is 0 Å². The van der Waals surface area contributed by atoms with Gasteiger partial charge in [0.1, 0.15) is 0 Å². The molecule has 11 heavy (non-hydrogen) atoms. The average Bonchev–Trinajstić information content (AvgIpc) is 2.72. The molecule has 0 aromatic carbocycles. The molecule has 2 aliphatic carbocycles. The highest BCUT2D eigenvalue weighted by Gasteiger charge is 2.58. The molecular weight excluding hydrogens is 136 g/mol. The van der Waals surface area contributed by atoms with Gasteiger partial charge in [-0.1, -0.05) is 26.2 Å². The van der Waals surface area contributed by atoms with E-state index in [0.717, 1.165) is 5.92 Å². The summed E-state index contributed by atoms with van der Waals surface area (Å²) in [5.74, 6) is 0.918. The molecule has 0 N–H and O–H groups in total. The van der Waals surface area contributed by atoms with Crippen molar-refractivity contribution in [3.05, 3.63) is 0 Å². The zero-order chi connectivity index (χ0) is 7.90. The maximum atomic E-state index is 5.42. The Hall–Kier alpha value is -0.0400. The summed E-state index contributed by atoms with van der Waals surface area (Å²) >= 11 is 0. The highest BCUT2D eigenvalue weighted by molar-refractivity contribution is 5.07. The SMILES string of the molecule is COC1CC12CCCCC2C. The van der Waals surface area contributed by atoms with E-state index >= 15 is 0 Å². The Morgan fingerprint density at radius 2 is 2.18 bits per heavy atom. The standard InChI is InChI=1S/C10H18O/c1-8-5-3-4-6-10(8)7-9(10)11-2/h8-9H,3-7H2,1-2H3. The first-order chi connectivity index (χ1) is 5.29. The van der Waals surface area contributed by atoms with E-state index in [1.807, 2.05) is 7.11 Å². The lowest BCUT2D eigenvalue weighted by molar-refractivity contribution is 0.0973. The number of ether oxygens (including phenoxy) is 1. The first-order valence-electron chi connectivity index (χ1n) is 4.82. The van der Waals surface area contributed by atoms with Gasteiger partial charge in [0.05, 0.1) is 6.10 Å². The fourth-order valence-corrected chi connectivity index (χ4v) is 2.82. The van der Waals surface area contributed by atoms with Crippen molar-refractivity contribution in [3.63, 3.8) is 0 Å². The van der Waals surface area contributed by atoms with Gasteiger partial charge in [0.15, 0.2) is 0 Å². The molecular formula is C10H18O. The molecule has 0 aromatic rings. The van der Waals surface area contributed by atoms with Crippen molar-refractivity contribution in [2.24, 2.45) is 11.3 Å². The predicted octanol–water partition coefficient (Wildman–Crippen LogP) is 2.60. The minimum Gasteiger partial charge on any atom is -0.381 e. The molecule has 1 spiro atoms. The highest BCUT2D eigenvalue weighted by Crippen LogP contribution is 2.60. The van der Waals surface area contributed by atoms with Crippen LogP contribution in [0.5, 0.6) is 0 Å². The zero-order valence-corrected chi connectivity index (χ0v) is 7.60. The molecule has 1 nitrogen and oxygen atoms in total. The van der Waals surface area contributed by atoms with Crippen LogP contribution in [-0.2, 0) is 4.74 Å². The van der Waals surface area contributed by atoms with Crippen LogP contribution in [0.4, 0.5) is 0 Å². The van der Waals surface area contributed by atoms with Gasteiger partial charge in [0, 0.05) is 12.5 Å². The third-order valence-electron chi connectivity index (χ3n) is 3.84. The zero-order valence-electron chi connectivity index (χ0n) is 7.60. The van der Waals surface area contributed by atoms with Gasteiger partial charge in [0.2, 0.25) is 0 Å². The monoisotopic (exact) mass is 154 g/mol. The second-order valence-electron chi connectivity index (χ2n) is 4.31. The summed E-state index contributed by atoms with van der Waals surface area (Å²) in [6, 6.07) is 0. The van der Waals surface area contributed by atoms with Crippen molar-refractivity contribution < 1.29 is 4.74 Å². The number of rotatable bonds is 1. The van der Waals surface area contributed by atoms with Gasteiger partial charge in [-0.25, -0.2) is 0 Å². The van der Waals surface area contributed by atoms with Crippen molar-refractivity contribution in [1.82, 2.24) is 0 Å². The molecule has 3 atom stereocenters. The van der Waals surface area contributed by atoms with Crippen LogP contribution in [-0.4, -0.2) is 13.2 Å². The maximum Gasteiger partial charge on any atom is 0.0637 e. The van der Waals surface area contributed by atoms with E-state index in [0.29, 0.717) is 11.5 Å². The Morgan fingerprint density at radius 3 is 2.73 bits per heavy atom. The molecule has 0 saturated heterocycles. The first-order valence-corrected chi connectivity index (χ1v) is 4.82. The average molecular weight is 154 g/mol. The second kappa shape index (κ2) is 2.48. The second-order valence-corrected chi connectivity index (χ2v) is 4.31. The van der Waals surface area contributed by atoms with Gasteiger partial charge in [-0.2, -0.15) is 0 Å². The lowest BCUT2D eigenvalue weighted by atomic mass is 9.77. The minimum absolute atomic E-state index is 0.609. The predicted molar refractivity (Wildman–Crippen MR) is 45.5 cm³/mol. The van der Waals surface area contributed by atoms with E-state index in [-0.39, 0.29) is 0 Å². The summed E-state index contributed by atoms with van der Waals surface area (Å²) in [4.78, 5) is 0. The van der Waals surface area contributed by atoms with Crippen LogP contribution in [0.1, 0.15) is 39.0 Å². The number of methoxy groups -OCH3 is 1. The molecule has 0 aliphatic heterocycles. The molecule has 2 saturated carbocycles. The van der Waals surface area contributed by atoms with Crippen LogP contribution in [0.2, 0.25) is 0 Å². The van der Waals surface area contributed by atoms with Crippen LogP contribution < -0.4 is 0 Å². The van der Waals surface area contributed by atoms with Crippen LogP contribution in [0.3, 0.4) is 0 Å². The smallest absolute Gasteiger partial charge is 0.0637 e. The Labute approximate surface area is 69.1 Å². The van der Waals surface area contributed by atoms with Crippen molar-refractivity contribution in [3.8, 4) is 0 Å². The fourth-order valence-electron chi connectivity index (χ4n) is 2.82. The molecule has 2 aliphatic rings. The third-order valence-corrected chi connectivity index (χ3v) is 3.84. The third kappa shape index (κ3) is 1.01. The Kier molecular flexibility index (Phi) is 1.71. The first kappa shape index (κ1) is 7.60. The molecule has 0 amide bonds. The van der Waals surface area contributed by atoms with Gasteiger partial charge < -0.3 is 4.74 Å². The highest BCUT2D eigenvalue weighted by atomic mass is 16.5. The normalized spacial score (nSPS) is 49.6. The van der Waals surface area contributed by atoms with Gasteiger partial charge in [-0.15, -0.1) is 0 Å². The summed E-state index contributed by atoms with van der Waals surface area (Å²) in [6.07, 6.45) is 7.68. The molecule has 3 unspecified atom stereocenters. The largest absolute Gasteiger partial charge is 0.381 e.